The first-order chi connectivity index (χ1) is 9.24. The average Bonchev–Trinajstić information content (AvgIpc) is 2.42. The van der Waals surface area contributed by atoms with E-state index in [1.165, 1.54) is 32.1 Å². The van der Waals surface area contributed by atoms with Gasteiger partial charge in [-0.3, -0.25) is 4.99 Å². The first-order valence-corrected chi connectivity index (χ1v) is 7.79. The summed E-state index contributed by atoms with van der Waals surface area (Å²) in [6.07, 6.45) is 7.49. The third kappa shape index (κ3) is 12.0. The molecule has 0 aromatic heterocycles. The van der Waals surface area contributed by atoms with Gasteiger partial charge < -0.3 is 15.4 Å². The molecular formula is C15H33N3O. The number of aliphatic imine (C=N–C) groups is 1. The van der Waals surface area contributed by atoms with Crippen LogP contribution < -0.4 is 10.6 Å². The minimum absolute atomic E-state index is 0.481. The fourth-order valence-corrected chi connectivity index (χ4v) is 1.90. The first kappa shape index (κ1) is 18.2. The molecule has 0 saturated carbocycles. The predicted molar refractivity (Wildman–Crippen MR) is 83.8 cm³/mol. The van der Waals surface area contributed by atoms with Gasteiger partial charge in [-0.2, -0.15) is 0 Å². The summed E-state index contributed by atoms with van der Waals surface area (Å²) in [5.41, 5.74) is 0. The van der Waals surface area contributed by atoms with E-state index in [0.29, 0.717) is 6.04 Å². The van der Waals surface area contributed by atoms with Crippen molar-refractivity contribution in [2.75, 3.05) is 26.8 Å². The van der Waals surface area contributed by atoms with Crippen molar-refractivity contribution in [2.24, 2.45) is 4.99 Å². The van der Waals surface area contributed by atoms with Crippen molar-refractivity contribution in [1.29, 1.82) is 0 Å². The molecule has 0 aromatic carbocycles. The Balaban J connectivity index is 3.62. The van der Waals surface area contributed by atoms with Crippen LogP contribution in [-0.2, 0) is 4.74 Å². The summed E-state index contributed by atoms with van der Waals surface area (Å²) in [6, 6.07) is 0.481. The Labute approximate surface area is 119 Å². The van der Waals surface area contributed by atoms with E-state index in [9.17, 15) is 0 Å². The van der Waals surface area contributed by atoms with Crippen LogP contribution in [-0.4, -0.2) is 38.8 Å². The molecule has 1 unspecified atom stereocenters. The number of hydrogen-bond acceptors (Lipinski definition) is 2. The highest BCUT2D eigenvalue weighted by Gasteiger charge is 2.04. The van der Waals surface area contributed by atoms with Gasteiger partial charge in [0.25, 0.3) is 0 Å². The molecule has 114 valence electrons. The van der Waals surface area contributed by atoms with Crippen LogP contribution in [0.5, 0.6) is 0 Å². The number of hydrogen-bond donors (Lipinski definition) is 2. The van der Waals surface area contributed by atoms with Crippen molar-refractivity contribution in [1.82, 2.24) is 10.6 Å². The molecule has 2 N–H and O–H groups in total. The van der Waals surface area contributed by atoms with Gasteiger partial charge in [0.1, 0.15) is 0 Å². The second-order valence-electron chi connectivity index (χ2n) is 4.94. The third-order valence-electron chi connectivity index (χ3n) is 3.06. The van der Waals surface area contributed by atoms with Crippen LogP contribution >= 0.6 is 0 Å². The Bertz CT molecular complexity index is 219. The van der Waals surface area contributed by atoms with Gasteiger partial charge >= 0.3 is 0 Å². The molecular weight excluding hydrogens is 238 g/mol. The lowest BCUT2D eigenvalue weighted by Gasteiger charge is -2.17. The predicted octanol–water partition coefficient (Wildman–Crippen LogP) is 2.94. The zero-order valence-corrected chi connectivity index (χ0v) is 13.3. The number of unbranched alkanes of at least 4 members (excludes halogenated alkanes) is 3. The summed E-state index contributed by atoms with van der Waals surface area (Å²) in [5, 5.41) is 6.75. The minimum Gasteiger partial charge on any atom is -0.382 e. The Hall–Kier alpha value is -0.770. The van der Waals surface area contributed by atoms with E-state index < -0.39 is 0 Å². The number of guanidine groups is 1. The molecule has 0 aromatic rings. The fraction of sp³-hybridized carbons (Fsp3) is 0.933. The highest BCUT2D eigenvalue weighted by Crippen LogP contribution is 2.04. The van der Waals surface area contributed by atoms with E-state index in [-0.39, 0.29) is 0 Å². The Kier molecular flexibility index (Phi) is 13.1. The maximum absolute atomic E-state index is 5.31. The molecule has 0 aliphatic heterocycles. The van der Waals surface area contributed by atoms with Gasteiger partial charge in [-0.25, -0.2) is 0 Å². The molecule has 4 nitrogen and oxygen atoms in total. The van der Waals surface area contributed by atoms with Crippen molar-refractivity contribution in [2.45, 2.75) is 65.3 Å². The molecule has 0 amide bonds. The molecule has 0 saturated heterocycles. The zero-order chi connectivity index (χ0) is 14.3. The van der Waals surface area contributed by atoms with Crippen molar-refractivity contribution < 1.29 is 4.74 Å². The van der Waals surface area contributed by atoms with Gasteiger partial charge in [0.05, 0.1) is 0 Å². The van der Waals surface area contributed by atoms with E-state index in [1.807, 2.05) is 14.0 Å². The van der Waals surface area contributed by atoms with E-state index >= 15 is 0 Å². The van der Waals surface area contributed by atoms with Crippen LogP contribution in [0.25, 0.3) is 0 Å². The second kappa shape index (κ2) is 13.7. The highest BCUT2D eigenvalue weighted by molar-refractivity contribution is 5.79. The van der Waals surface area contributed by atoms with Gasteiger partial charge in [0.15, 0.2) is 5.96 Å². The van der Waals surface area contributed by atoms with Crippen molar-refractivity contribution in [3.8, 4) is 0 Å². The van der Waals surface area contributed by atoms with Gasteiger partial charge in [-0.1, -0.05) is 32.6 Å². The number of ether oxygens (including phenoxy) is 1. The second-order valence-corrected chi connectivity index (χ2v) is 4.94. The Morgan fingerprint density at radius 3 is 2.58 bits per heavy atom. The van der Waals surface area contributed by atoms with Crippen LogP contribution in [0.3, 0.4) is 0 Å². The molecule has 4 heteroatoms. The fourth-order valence-electron chi connectivity index (χ4n) is 1.90. The molecule has 0 aliphatic rings. The van der Waals surface area contributed by atoms with Crippen LogP contribution in [0.1, 0.15) is 59.3 Å². The molecule has 1 atom stereocenters. The first-order valence-electron chi connectivity index (χ1n) is 7.79. The molecule has 0 bridgehead atoms. The SMILES string of the molecule is CCCCCCC(C)NC(=NC)NCCCOCC. The summed E-state index contributed by atoms with van der Waals surface area (Å²) in [4.78, 5) is 4.24. The van der Waals surface area contributed by atoms with Gasteiger partial charge in [0, 0.05) is 32.8 Å². The average molecular weight is 271 g/mol. The monoisotopic (exact) mass is 271 g/mol. The summed E-state index contributed by atoms with van der Waals surface area (Å²) in [6.45, 7) is 9.00. The standard InChI is InChI=1S/C15H33N3O/c1-5-7-8-9-11-14(3)18-15(16-4)17-12-10-13-19-6-2/h14H,5-13H2,1-4H3,(H2,16,17,18). The van der Waals surface area contributed by atoms with Crippen LogP contribution in [0.15, 0.2) is 4.99 Å². The van der Waals surface area contributed by atoms with Crippen LogP contribution in [0.2, 0.25) is 0 Å². The third-order valence-corrected chi connectivity index (χ3v) is 3.06. The highest BCUT2D eigenvalue weighted by atomic mass is 16.5. The summed E-state index contributed by atoms with van der Waals surface area (Å²) >= 11 is 0. The molecule has 0 heterocycles. The Morgan fingerprint density at radius 2 is 1.95 bits per heavy atom. The molecule has 0 radical (unpaired) electrons. The maximum Gasteiger partial charge on any atom is 0.191 e. The van der Waals surface area contributed by atoms with E-state index in [2.05, 4.69) is 29.5 Å². The van der Waals surface area contributed by atoms with Gasteiger partial charge in [0.2, 0.25) is 0 Å². The number of nitrogens with zero attached hydrogens (tertiary/aromatic N) is 1. The lowest BCUT2D eigenvalue weighted by Crippen LogP contribution is -2.42. The van der Waals surface area contributed by atoms with E-state index in [1.54, 1.807) is 0 Å². The summed E-state index contributed by atoms with van der Waals surface area (Å²) < 4.78 is 5.31. The molecule has 0 spiro atoms. The number of nitrogens with one attached hydrogen (secondary N) is 2. The number of rotatable bonds is 11. The van der Waals surface area contributed by atoms with Gasteiger partial charge in [-0.05, 0) is 26.7 Å². The van der Waals surface area contributed by atoms with Crippen molar-refractivity contribution >= 4 is 5.96 Å². The molecule has 0 aliphatic carbocycles. The van der Waals surface area contributed by atoms with Gasteiger partial charge in [-0.15, -0.1) is 0 Å². The van der Waals surface area contributed by atoms with E-state index in [0.717, 1.165) is 32.1 Å². The zero-order valence-electron chi connectivity index (χ0n) is 13.3. The smallest absolute Gasteiger partial charge is 0.191 e. The van der Waals surface area contributed by atoms with Crippen molar-refractivity contribution in [3.63, 3.8) is 0 Å². The van der Waals surface area contributed by atoms with Crippen LogP contribution in [0, 0.1) is 0 Å². The Morgan fingerprint density at radius 1 is 1.16 bits per heavy atom. The maximum atomic E-state index is 5.31. The molecule has 0 fully saturated rings. The van der Waals surface area contributed by atoms with Crippen LogP contribution in [0.4, 0.5) is 0 Å². The lowest BCUT2D eigenvalue weighted by atomic mass is 10.1. The summed E-state index contributed by atoms with van der Waals surface area (Å²) in [7, 11) is 1.82. The lowest BCUT2D eigenvalue weighted by molar-refractivity contribution is 0.145. The summed E-state index contributed by atoms with van der Waals surface area (Å²) in [5.74, 6) is 0.902. The quantitative estimate of drug-likeness (QED) is 0.345. The minimum atomic E-state index is 0.481. The molecule has 19 heavy (non-hydrogen) atoms. The normalized spacial score (nSPS) is 13.4. The largest absolute Gasteiger partial charge is 0.382 e. The topological polar surface area (TPSA) is 45.7 Å². The molecule has 0 rings (SSSR count). The van der Waals surface area contributed by atoms with E-state index in [4.69, 9.17) is 4.74 Å². The van der Waals surface area contributed by atoms with Crippen molar-refractivity contribution in [3.05, 3.63) is 0 Å².